The summed E-state index contributed by atoms with van der Waals surface area (Å²) in [6.45, 7) is 2.02. The molecule has 0 unspecified atom stereocenters. The highest BCUT2D eigenvalue weighted by atomic mass is 32.1. The van der Waals surface area contributed by atoms with Gasteiger partial charge in [0.1, 0.15) is 5.75 Å². The Morgan fingerprint density at radius 2 is 2.14 bits per heavy atom. The minimum absolute atomic E-state index is 0.539. The third kappa shape index (κ3) is 2.12. The summed E-state index contributed by atoms with van der Waals surface area (Å²) in [7, 11) is 0. The number of aromatic nitrogens is 2. The Morgan fingerprint density at radius 1 is 1.24 bits per heavy atom. The van der Waals surface area contributed by atoms with Crippen LogP contribution in [-0.2, 0) is 0 Å². The van der Waals surface area contributed by atoms with E-state index in [1.54, 1.807) is 41.0 Å². The highest BCUT2D eigenvalue weighted by Gasteiger charge is 2.13. The van der Waals surface area contributed by atoms with E-state index < -0.39 is 0 Å². The summed E-state index contributed by atoms with van der Waals surface area (Å²) in [4.78, 5) is 8.81. The molecule has 2 N–H and O–H groups in total. The van der Waals surface area contributed by atoms with Crippen molar-refractivity contribution in [1.82, 2.24) is 9.97 Å². The van der Waals surface area contributed by atoms with Crippen LogP contribution in [0.15, 0.2) is 35.8 Å². The Balaban J connectivity index is 1.89. The Labute approximate surface area is 128 Å². The van der Waals surface area contributed by atoms with E-state index in [0.29, 0.717) is 11.6 Å². The van der Waals surface area contributed by atoms with Gasteiger partial charge in [-0.15, -0.1) is 22.7 Å². The average Bonchev–Trinajstić information content (AvgIpc) is 3.07. The van der Waals surface area contributed by atoms with Gasteiger partial charge in [-0.1, -0.05) is 0 Å². The van der Waals surface area contributed by atoms with Crippen LogP contribution in [0.5, 0.6) is 11.6 Å². The number of thiazole rings is 1. The maximum atomic E-state index is 5.94. The van der Waals surface area contributed by atoms with Crippen molar-refractivity contribution in [3.8, 4) is 11.6 Å². The number of aryl methyl sites for hydroxylation is 1. The number of hydrogen-bond acceptors (Lipinski definition) is 6. The monoisotopic (exact) mass is 313 g/mol. The van der Waals surface area contributed by atoms with Crippen molar-refractivity contribution in [2.45, 2.75) is 6.92 Å². The topological polar surface area (TPSA) is 61.0 Å². The predicted octanol–water partition coefficient (Wildman–Crippen LogP) is 4.59. The largest absolute Gasteiger partial charge is 0.438 e. The molecule has 0 amide bonds. The molecule has 4 aromatic rings. The zero-order valence-electron chi connectivity index (χ0n) is 11.2. The number of pyridine rings is 1. The quantitative estimate of drug-likeness (QED) is 0.588. The van der Waals surface area contributed by atoms with Crippen molar-refractivity contribution < 1.29 is 4.74 Å². The summed E-state index contributed by atoms with van der Waals surface area (Å²) in [5.41, 5.74) is 7.33. The van der Waals surface area contributed by atoms with Crippen LogP contribution in [0, 0.1) is 6.92 Å². The normalized spacial score (nSPS) is 11.3. The number of nitrogens with zero attached hydrogens (tertiary/aromatic N) is 2. The summed E-state index contributed by atoms with van der Waals surface area (Å²) in [6.07, 6.45) is 1.59. The standard InChI is InChI=1S/C15H11N3OS2/c1-8-18-14-12(21-8)6-11(10-4-5-20-15(10)14)19-13-3-2-9(16)7-17-13/h2-7H,16H2,1H3. The molecular formula is C15H11N3OS2. The minimum atomic E-state index is 0.539. The third-order valence-electron chi connectivity index (χ3n) is 3.14. The fourth-order valence-electron chi connectivity index (χ4n) is 2.24. The molecule has 0 radical (unpaired) electrons. The van der Waals surface area contributed by atoms with E-state index in [4.69, 9.17) is 10.5 Å². The van der Waals surface area contributed by atoms with Gasteiger partial charge in [0.05, 0.1) is 31.8 Å². The average molecular weight is 313 g/mol. The number of benzene rings is 1. The van der Waals surface area contributed by atoms with E-state index >= 15 is 0 Å². The van der Waals surface area contributed by atoms with Gasteiger partial charge in [-0.05, 0) is 24.4 Å². The van der Waals surface area contributed by atoms with Crippen LogP contribution in [0.25, 0.3) is 20.3 Å². The number of ether oxygens (including phenoxy) is 1. The second-order valence-electron chi connectivity index (χ2n) is 4.65. The van der Waals surface area contributed by atoms with Crippen molar-refractivity contribution >= 4 is 48.7 Å². The van der Waals surface area contributed by atoms with Crippen LogP contribution < -0.4 is 10.5 Å². The highest BCUT2D eigenvalue weighted by molar-refractivity contribution is 7.21. The zero-order valence-corrected chi connectivity index (χ0v) is 12.8. The third-order valence-corrected chi connectivity index (χ3v) is 4.98. The summed E-state index contributed by atoms with van der Waals surface area (Å²) in [5, 5.41) is 4.18. The van der Waals surface area contributed by atoms with E-state index in [-0.39, 0.29) is 0 Å². The van der Waals surface area contributed by atoms with Crippen molar-refractivity contribution in [2.75, 3.05) is 5.73 Å². The molecule has 3 aromatic heterocycles. The molecule has 3 heterocycles. The van der Waals surface area contributed by atoms with Crippen molar-refractivity contribution in [2.24, 2.45) is 0 Å². The van der Waals surface area contributed by atoms with Crippen LogP contribution in [-0.4, -0.2) is 9.97 Å². The van der Waals surface area contributed by atoms with E-state index in [1.807, 2.05) is 13.0 Å². The van der Waals surface area contributed by atoms with Gasteiger partial charge >= 0.3 is 0 Å². The Bertz CT molecular complexity index is 941. The van der Waals surface area contributed by atoms with Crippen molar-refractivity contribution in [3.05, 3.63) is 40.8 Å². The van der Waals surface area contributed by atoms with Crippen LogP contribution in [0.2, 0.25) is 0 Å². The van der Waals surface area contributed by atoms with Gasteiger partial charge in [0.25, 0.3) is 0 Å². The van der Waals surface area contributed by atoms with Crippen molar-refractivity contribution in [1.29, 1.82) is 0 Å². The predicted molar refractivity (Wildman–Crippen MR) is 88.5 cm³/mol. The molecule has 0 atom stereocenters. The minimum Gasteiger partial charge on any atom is -0.438 e. The van der Waals surface area contributed by atoms with E-state index in [0.717, 1.165) is 31.1 Å². The second-order valence-corrected chi connectivity index (χ2v) is 6.80. The summed E-state index contributed by atoms with van der Waals surface area (Å²) in [5.74, 6) is 1.34. The molecule has 0 saturated heterocycles. The molecule has 0 spiro atoms. The van der Waals surface area contributed by atoms with Gasteiger partial charge in [-0.25, -0.2) is 9.97 Å². The van der Waals surface area contributed by atoms with Crippen molar-refractivity contribution in [3.63, 3.8) is 0 Å². The maximum absolute atomic E-state index is 5.94. The number of rotatable bonds is 2. The number of hydrogen-bond donors (Lipinski definition) is 1. The molecule has 6 heteroatoms. The molecule has 4 rings (SSSR count). The summed E-state index contributed by atoms with van der Waals surface area (Å²) in [6, 6.07) is 7.64. The fraction of sp³-hybridized carbons (Fsp3) is 0.0667. The lowest BCUT2D eigenvalue weighted by Crippen LogP contribution is -1.90. The van der Waals surface area contributed by atoms with E-state index in [9.17, 15) is 0 Å². The lowest BCUT2D eigenvalue weighted by Gasteiger charge is -2.06. The molecular weight excluding hydrogens is 302 g/mol. The molecule has 0 aliphatic carbocycles. The first-order chi connectivity index (χ1) is 10.2. The van der Waals surface area contributed by atoms with Crippen LogP contribution in [0.3, 0.4) is 0 Å². The second kappa shape index (κ2) is 4.68. The molecule has 1 aromatic carbocycles. The molecule has 0 bridgehead atoms. The first kappa shape index (κ1) is 12.6. The number of nitrogen functional groups attached to an aromatic ring is 1. The van der Waals surface area contributed by atoms with Crippen LogP contribution in [0.4, 0.5) is 5.69 Å². The summed E-state index contributed by atoms with van der Waals surface area (Å²) < 4.78 is 8.23. The lowest BCUT2D eigenvalue weighted by atomic mass is 10.2. The van der Waals surface area contributed by atoms with E-state index in [1.165, 1.54) is 0 Å². The van der Waals surface area contributed by atoms with Crippen LogP contribution >= 0.6 is 22.7 Å². The van der Waals surface area contributed by atoms with Gasteiger partial charge in [0.15, 0.2) is 0 Å². The fourth-order valence-corrected chi connectivity index (χ4v) is 4.07. The first-order valence-electron chi connectivity index (χ1n) is 6.37. The highest BCUT2D eigenvalue weighted by Crippen LogP contribution is 2.40. The molecule has 4 nitrogen and oxygen atoms in total. The lowest BCUT2D eigenvalue weighted by molar-refractivity contribution is 0.469. The zero-order chi connectivity index (χ0) is 14.4. The van der Waals surface area contributed by atoms with Crippen LogP contribution in [0.1, 0.15) is 5.01 Å². The Kier molecular flexibility index (Phi) is 2.80. The van der Waals surface area contributed by atoms with Gasteiger partial charge in [0, 0.05) is 17.5 Å². The first-order valence-corrected chi connectivity index (χ1v) is 8.07. The smallest absolute Gasteiger partial charge is 0.219 e. The molecule has 0 aliphatic rings. The SMILES string of the molecule is Cc1nc2c(cc(Oc3ccc(N)cn3)c3ccsc32)s1. The summed E-state index contributed by atoms with van der Waals surface area (Å²) >= 11 is 3.35. The Morgan fingerprint density at radius 3 is 2.95 bits per heavy atom. The molecule has 0 aliphatic heterocycles. The van der Waals surface area contributed by atoms with E-state index in [2.05, 4.69) is 21.4 Å². The number of anilines is 1. The molecule has 104 valence electrons. The van der Waals surface area contributed by atoms with Gasteiger partial charge in [0.2, 0.25) is 5.88 Å². The Hall–Kier alpha value is -2.18. The number of nitrogens with two attached hydrogens (primary N) is 1. The maximum Gasteiger partial charge on any atom is 0.219 e. The molecule has 0 fully saturated rings. The number of fused-ring (bicyclic) bond motifs is 3. The molecule has 0 saturated carbocycles. The number of thiophene rings is 1. The van der Waals surface area contributed by atoms with Gasteiger partial charge < -0.3 is 10.5 Å². The van der Waals surface area contributed by atoms with Gasteiger partial charge in [-0.3, -0.25) is 0 Å². The molecule has 21 heavy (non-hydrogen) atoms. The van der Waals surface area contributed by atoms with Gasteiger partial charge in [-0.2, -0.15) is 0 Å².